The van der Waals surface area contributed by atoms with Crippen LogP contribution < -0.4 is 19.5 Å². The van der Waals surface area contributed by atoms with Gasteiger partial charge in [0.1, 0.15) is 6.61 Å². The van der Waals surface area contributed by atoms with Crippen molar-refractivity contribution in [2.45, 2.75) is 6.92 Å². The summed E-state index contributed by atoms with van der Waals surface area (Å²) in [5, 5.41) is 7.47. The molecule has 3 aromatic carbocycles. The minimum absolute atomic E-state index is 0.185. The van der Waals surface area contributed by atoms with Gasteiger partial charge >= 0.3 is 6.01 Å². The van der Waals surface area contributed by atoms with Crippen molar-refractivity contribution >= 4 is 27.5 Å². The topological polar surface area (TPSA) is 96.7 Å². The Bertz CT molecular complexity index is 1360. The molecule has 1 amide bonds. The van der Waals surface area contributed by atoms with E-state index < -0.39 is 0 Å². The van der Waals surface area contributed by atoms with Crippen LogP contribution in [-0.2, 0) is 4.74 Å². The molecule has 0 aliphatic carbocycles. The van der Waals surface area contributed by atoms with Gasteiger partial charge in [-0.15, -0.1) is 5.10 Å². The molecule has 1 aliphatic heterocycles. The van der Waals surface area contributed by atoms with E-state index in [-0.39, 0.29) is 18.7 Å². The number of nitrogens with zero attached hydrogens (tertiary/aromatic N) is 3. The first-order chi connectivity index (χ1) is 17.6. The number of benzene rings is 3. The average Bonchev–Trinajstić information content (AvgIpc) is 3.54. The van der Waals surface area contributed by atoms with Gasteiger partial charge in [0.15, 0.2) is 17.3 Å². The van der Waals surface area contributed by atoms with Crippen molar-refractivity contribution in [3.63, 3.8) is 0 Å². The lowest BCUT2D eigenvalue weighted by Crippen LogP contribution is -2.11. The van der Waals surface area contributed by atoms with E-state index in [0.717, 1.165) is 15.7 Å². The number of carbonyl (C=O) groups is 1. The van der Waals surface area contributed by atoms with Crippen molar-refractivity contribution in [1.29, 1.82) is 0 Å². The molecule has 0 saturated carbocycles. The van der Waals surface area contributed by atoms with Gasteiger partial charge in [-0.1, -0.05) is 15.9 Å². The Hall–Kier alpha value is -3.89. The van der Waals surface area contributed by atoms with Crippen LogP contribution in [0, 0.1) is 0 Å². The Morgan fingerprint density at radius 1 is 1.03 bits per heavy atom. The van der Waals surface area contributed by atoms with Crippen LogP contribution in [-0.4, -0.2) is 47.3 Å². The summed E-state index contributed by atoms with van der Waals surface area (Å²) in [5.41, 5.74) is 2.76. The fraction of sp³-hybridized carbons (Fsp3) is 0.192. The zero-order valence-corrected chi connectivity index (χ0v) is 21.0. The lowest BCUT2D eigenvalue weighted by molar-refractivity contribution is 0.102. The van der Waals surface area contributed by atoms with Crippen molar-refractivity contribution in [1.82, 2.24) is 14.8 Å². The zero-order chi connectivity index (χ0) is 24.9. The number of carbonyl (C=O) groups excluding carboxylic acids is 1. The molecule has 0 atom stereocenters. The summed E-state index contributed by atoms with van der Waals surface area (Å²) in [7, 11) is 0. The number of halogens is 1. The molecule has 184 valence electrons. The number of rotatable bonds is 9. The van der Waals surface area contributed by atoms with E-state index in [0.29, 0.717) is 48.4 Å². The Labute approximate surface area is 216 Å². The van der Waals surface area contributed by atoms with Crippen LogP contribution in [0.25, 0.3) is 17.1 Å². The van der Waals surface area contributed by atoms with Gasteiger partial charge < -0.3 is 24.3 Å². The standard InChI is InChI=1S/C26H23BrN4O5/c1-2-33-13-14-34-26-29-24(18-5-12-22-23(15-18)36-16-35-22)31(30-26)21-10-8-20(9-11-21)28-25(32)17-3-6-19(27)7-4-17/h3-12,15H,2,13-14,16H2,1H3,(H,28,32). The van der Waals surface area contributed by atoms with Crippen molar-refractivity contribution in [2.75, 3.05) is 31.9 Å². The maximum atomic E-state index is 12.6. The van der Waals surface area contributed by atoms with Gasteiger partial charge in [-0.05, 0) is 73.7 Å². The summed E-state index contributed by atoms with van der Waals surface area (Å²) in [6.45, 7) is 3.50. The number of fused-ring (bicyclic) bond motifs is 1. The maximum Gasteiger partial charge on any atom is 0.336 e. The first-order valence-corrected chi connectivity index (χ1v) is 12.1. The summed E-state index contributed by atoms with van der Waals surface area (Å²) < 4.78 is 24.6. The van der Waals surface area contributed by atoms with Gasteiger partial charge in [0.2, 0.25) is 6.79 Å². The molecule has 9 nitrogen and oxygen atoms in total. The number of hydrogen-bond acceptors (Lipinski definition) is 7. The molecule has 1 N–H and O–H groups in total. The molecular weight excluding hydrogens is 528 g/mol. The van der Waals surface area contributed by atoms with Crippen LogP contribution in [0.4, 0.5) is 5.69 Å². The highest BCUT2D eigenvalue weighted by molar-refractivity contribution is 9.10. The van der Waals surface area contributed by atoms with Crippen LogP contribution >= 0.6 is 15.9 Å². The van der Waals surface area contributed by atoms with Crippen molar-refractivity contribution in [3.05, 3.63) is 76.8 Å². The molecule has 1 aliphatic rings. The average molecular weight is 551 g/mol. The summed E-state index contributed by atoms with van der Waals surface area (Å²) in [4.78, 5) is 17.2. The monoisotopic (exact) mass is 550 g/mol. The summed E-state index contributed by atoms with van der Waals surface area (Å²) in [5.74, 6) is 1.71. The molecule has 0 radical (unpaired) electrons. The van der Waals surface area contributed by atoms with Gasteiger partial charge in [-0.2, -0.15) is 4.98 Å². The van der Waals surface area contributed by atoms with Crippen LogP contribution in [0.3, 0.4) is 0 Å². The zero-order valence-electron chi connectivity index (χ0n) is 19.4. The molecule has 1 aromatic heterocycles. The van der Waals surface area contributed by atoms with Gasteiger partial charge in [-0.3, -0.25) is 4.79 Å². The predicted octanol–water partition coefficient (Wildman–Crippen LogP) is 5.09. The van der Waals surface area contributed by atoms with Crippen LogP contribution in [0.15, 0.2) is 71.2 Å². The second kappa shape index (κ2) is 10.8. The Kier molecular flexibility index (Phi) is 7.15. The minimum atomic E-state index is -0.193. The highest BCUT2D eigenvalue weighted by Gasteiger charge is 2.19. The molecule has 0 unspecified atom stereocenters. The molecule has 5 rings (SSSR count). The van der Waals surface area contributed by atoms with E-state index in [1.807, 2.05) is 61.5 Å². The van der Waals surface area contributed by atoms with Crippen molar-refractivity contribution in [3.8, 4) is 34.6 Å². The number of ether oxygens (including phenoxy) is 4. The number of amides is 1. The summed E-state index contributed by atoms with van der Waals surface area (Å²) in [6.07, 6.45) is 0. The van der Waals surface area contributed by atoms with Gasteiger partial charge in [-0.25, -0.2) is 4.68 Å². The number of nitrogens with one attached hydrogen (secondary N) is 1. The third-order valence-corrected chi connectivity index (χ3v) is 5.89. The van der Waals surface area contributed by atoms with E-state index in [2.05, 4.69) is 31.3 Å². The number of aromatic nitrogens is 3. The highest BCUT2D eigenvalue weighted by Crippen LogP contribution is 2.36. The normalized spacial score (nSPS) is 11.9. The quantitative estimate of drug-likeness (QED) is 0.290. The molecule has 36 heavy (non-hydrogen) atoms. The van der Waals surface area contributed by atoms with Gasteiger partial charge in [0, 0.05) is 27.9 Å². The Morgan fingerprint density at radius 2 is 1.81 bits per heavy atom. The SMILES string of the molecule is CCOCCOc1nc(-c2ccc3c(c2)OCO3)n(-c2ccc(NC(=O)c3ccc(Br)cc3)cc2)n1. The molecule has 4 aromatic rings. The number of hydrogen-bond donors (Lipinski definition) is 1. The lowest BCUT2D eigenvalue weighted by Gasteiger charge is -2.09. The van der Waals surface area contributed by atoms with Gasteiger partial charge in [0.25, 0.3) is 5.91 Å². The van der Waals surface area contributed by atoms with Crippen LogP contribution in [0.1, 0.15) is 17.3 Å². The molecular formula is C26H23BrN4O5. The molecule has 0 fully saturated rings. The van der Waals surface area contributed by atoms with E-state index >= 15 is 0 Å². The Morgan fingerprint density at radius 3 is 2.58 bits per heavy atom. The van der Waals surface area contributed by atoms with E-state index in [1.165, 1.54) is 0 Å². The number of anilines is 1. The fourth-order valence-corrected chi connectivity index (χ4v) is 3.85. The summed E-state index contributed by atoms with van der Waals surface area (Å²) in [6, 6.07) is 20.3. The molecule has 0 spiro atoms. The fourth-order valence-electron chi connectivity index (χ4n) is 3.58. The summed E-state index contributed by atoms with van der Waals surface area (Å²) >= 11 is 3.38. The molecule has 0 bridgehead atoms. The first kappa shape index (κ1) is 23.8. The second-order valence-corrected chi connectivity index (χ2v) is 8.67. The Balaban J connectivity index is 1.40. The minimum Gasteiger partial charge on any atom is -0.460 e. The third kappa shape index (κ3) is 5.34. The third-order valence-electron chi connectivity index (χ3n) is 5.36. The molecule has 0 saturated heterocycles. The van der Waals surface area contributed by atoms with E-state index in [9.17, 15) is 4.79 Å². The van der Waals surface area contributed by atoms with Gasteiger partial charge in [0.05, 0.1) is 12.3 Å². The first-order valence-electron chi connectivity index (χ1n) is 11.4. The van der Waals surface area contributed by atoms with Crippen LogP contribution in [0.5, 0.6) is 17.5 Å². The largest absolute Gasteiger partial charge is 0.460 e. The van der Waals surface area contributed by atoms with Crippen LogP contribution in [0.2, 0.25) is 0 Å². The maximum absolute atomic E-state index is 12.6. The predicted molar refractivity (Wildman–Crippen MR) is 137 cm³/mol. The lowest BCUT2D eigenvalue weighted by atomic mass is 10.2. The van der Waals surface area contributed by atoms with E-state index in [1.54, 1.807) is 16.8 Å². The molecule has 10 heteroatoms. The van der Waals surface area contributed by atoms with Crippen molar-refractivity contribution in [2.24, 2.45) is 0 Å². The molecule has 2 heterocycles. The second-order valence-electron chi connectivity index (χ2n) is 7.75. The van der Waals surface area contributed by atoms with Crippen molar-refractivity contribution < 1.29 is 23.7 Å². The smallest absolute Gasteiger partial charge is 0.336 e. The highest BCUT2D eigenvalue weighted by atomic mass is 79.9. The van der Waals surface area contributed by atoms with E-state index in [4.69, 9.17) is 18.9 Å².